The molecule has 1 aromatic heterocycles. The second-order valence-electron chi connectivity index (χ2n) is 4.08. The van der Waals surface area contributed by atoms with Crippen LogP contribution in [-0.4, -0.2) is 31.3 Å². The Balaban J connectivity index is 2.48. The first kappa shape index (κ1) is 14.5. The van der Waals surface area contributed by atoms with Crippen LogP contribution in [-0.2, 0) is 11.3 Å². The molecule has 0 saturated carbocycles. The van der Waals surface area contributed by atoms with Crippen LogP contribution in [0.4, 0.5) is 0 Å². The molecule has 0 radical (unpaired) electrons. The lowest BCUT2D eigenvalue weighted by molar-refractivity contribution is 0.177. The number of aromatic amines is 1. The molecule has 0 aliphatic rings. The summed E-state index contributed by atoms with van der Waals surface area (Å²) in [6.07, 6.45) is 0. The summed E-state index contributed by atoms with van der Waals surface area (Å²) < 4.78 is 16.1. The molecule has 1 N–H and O–H groups in total. The van der Waals surface area contributed by atoms with Crippen LogP contribution in [0, 0.1) is 4.64 Å². The summed E-state index contributed by atoms with van der Waals surface area (Å²) in [6.45, 7) is 0.380. The number of benzene rings is 1. The SMILES string of the molecule is COCc1nc(=S)cc(-c2ccc(OC)c(OC)c2)[nH]1. The third kappa shape index (κ3) is 3.15. The van der Waals surface area contributed by atoms with Gasteiger partial charge in [-0.2, -0.15) is 0 Å². The summed E-state index contributed by atoms with van der Waals surface area (Å²) in [5, 5.41) is 0. The smallest absolute Gasteiger partial charge is 0.161 e. The first-order valence-electron chi connectivity index (χ1n) is 5.99. The average molecular weight is 292 g/mol. The molecule has 1 heterocycles. The molecule has 0 aliphatic heterocycles. The Morgan fingerprint density at radius 2 is 1.85 bits per heavy atom. The molecule has 0 bridgehead atoms. The second kappa shape index (κ2) is 6.49. The van der Waals surface area contributed by atoms with Gasteiger partial charge in [0.05, 0.1) is 14.2 Å². The van der Waals surface area contributed by atoms with Crippen molar-refractivity contribution in [1.29, 1.82) is 0 Å². The highest BCUT2D eigenvalue weighted by atomic mass is 32.1. The van der Waals surface area contributed by atoms with Gasteiger partial charge in [0.25, 0.3) is 0 Å². The topological polar surface area (TPSA) is 56.4 Å². The van der Waals surface area contributed by atoms with Gasteiger partial charge in [0, 0.05) is 18.4 Å². The van der Waals surface area contributed by atoms with Crippen molar-refractivity contribution in [2.75, 3.05) is 21.3 Å². The Hall–Kier alpha value is -1.92. The standard InChI is InChI=1S/C14H16N2O3S/c1-17-8-13-15-10(7-14(20)16-13)9-4-5-11(18-2)12(6-9)19-3/h4-7H,8H2,1-3H3,(H,15,16,20). The van der Waals surface area contributed by atoms with Gasteiger partial charge in [0.1, 0.15) is 17.1 Å². The number of H-pyrrole nitrogens is 1. The number of hydrogen-bond acceptors (Lipinski definition) is 5. The molecule has 1 aromatic carbocycles. The van der Waals surface area contributed by atoms with Crippen molar-refractivity contribution >= 4 is 12.2 Å². The molecule has 5 nitrogen and oxygen atoms in total. The van der Waals surface area contributed by atoms with Gasteiger partial charge in [-0.15, -0.1) is 0 Å². The van der Waals surface area contributed by atoms with Gasteiger partial charge in [-0.3, -0.25) is 0 Å². The molecule has 6 heteroatoms. The predicted octanol–water partition coefficient (Wildman–Crippen LogP) is 2.97. The summed E-state index contributed by atoms with van der Waals surface area (Å²) >= 11 is 5.17. The van der Waals surface area contributed by atoms with Gasteiger partial charge in [-0.25, -0.2) is 4.98 Å². The Morgan fingerprint density at radius 3 is 2.50 bits per heavy atom. The van der Waals surface area contributed by atoms with Crippen LogP contribution in [0.3, 0.4) is 0 Å². The number of nitrogens with zero attached hydrogens (tertiary/aromatic N) is 1. The van der Waals surface area contributed by atoms with E-state index in [4.69, 9.17) is 26.4 Å². The van der Waals surface area contributed by atoms with Crippen molar-refractivity contribution in [1.82, 2.24) is 9.97 Å². The maximum absolute atomic E-state index is 5.30. The largest absolute Gasteiger partial charge is 0.493 e. The van der Waals surface area contributed by atoms with Crippen molar-refractivity contribution in [3.63, 3.8) is 0 Å². The van der Waals surface area contributed by atoms with E-state index in [-0.39, 0.29) is 0 Å². The zero-order chi connectivity index (χ0) is 14.5. The molecule has 0 amide bonds. The average Bonchev–Trinajstić information content (AvgIpc) is 2.46. The van der Waals surface area contributed by atoms with E-state index in [1.807, 2.05) is 18.2 Å². The van der Waals surface area contributed by atoms with E-state index < -0.39 is 0 Å². The molecule has 0 atom stereocenters. The number of methoxy groups -OCH3 is 3. The number of rotatable bonds is 5. The van der Waals surface area contributed by atoms with Crippen molar-refractivity contribution in [2.24, 2.45) is 0 Å². The molecule has 0 spiro atoms. The van der Waals surface area contributed by atoms with E-state index in [1.54, 1.807) is 27.4 Å². The fourth-order valence-electron chi connectivity index (χ4n) is 1.87. The van der Waals surface area contributed by atoms with Crippen LogP contribution in [0.1, 0.15) is 5.82 Å². The lowest BCUT2D eigenvalue weighted by Gasteiger charge is -2.10. The number of ether oxygens (including phenoxy) is 3. The predicted molar refractivity (Wildman–Crippen MR) is 78.7 cm³/mol. The van der Waals surface area contributed by atoms with Crippen molar-refractivity contribution in [2.45, 2.75) is 6.61 Å². The lowest BCUT2D eigenvalue weighted by atomic mass is 10.1. The highest BCUT2D eigenvalue weighted by Gasteiger charge is 2.07. The van der Waals surface area contributed by atoms with Crippen LogP contribution in [0.5, 0.6) is 11.5 Å². The fraction of sp³-hybridized carbons (Fsp3) is 0.286. The Bertz CT molecular complexity index is 655. The van der Waals surface area contributed by atoms with Crippen LogP contribution in [0.15, 0.2) is 24.3 Å². The van der Waals surface area contributed by atoms with E-state index in [0.717, 1.165) is 11.3 Å². The molecule has 106 valence electrons. The highest BCUT2D eigenvalue weighted by Crippen LogP contribution is 2.31. The van der Waals surface area contributed by atoms with E-state index in [2.05, 4.69) is 9.97 Å². The van der Waals surface area contributed by atoms with Gasteiger partial charge in [0.15, 0.2) is 11.5 Å². The van der Waals surface area contributed by atoms with Crippen LogP contribution < -0.4 is 9.47 Å². The monoisotopic (exact) mass is 292 g/mol. The van der Waals surface area contributed by atoms with Gasteiger partial charge >= 0.3 is 0 Å². The number of nitrogens with one attached hydrogen (secondary N) is 1. The summed E-state index contributed by atoms with van der Waals surface area (Å²) in [4.78, 5) is 7.40. The molecule has 0 aliphatic carbocycles. The van der Waals surface area contributed by atoms with Crippen molar-refractivity contribution in [3.05, 3.63) is 34.7 Å². The van der Waals surface area contributed by atoms with E-state index >= 15 is 0 Å². The zero-order valence-corrected chi connectivity index (χ0v) is 12.4. The van der Waals surface area contributed by atoms with Crippen LogP contribution in [0.25, 0.3) is 11.3 Å². The number of hydrogen-bond donors (Lipinski definition) is 1. The van der Waals surface area contributed by atoms with Crippen LogP contribution >= 0.6 is 12.2 Å². The van der Waals surface area contributed by atoms with E-state index in [9.17, 15) is 0 Å². The minimum atomic E-state index is 0.380. The van der Waals surface area contributed by atoms with Crippen molar-refractivity contribution in [3.8, 4) is 22.8 Å². The molecule has 0 saturated heterocycles. The third-order valence-corrected chi connectivity index (χ3v) is 2.98. The molecule has 2 aromatic rings. The highest BCUT2D eigenvalue weighted by molar-refractivity contribution is 7.71. The normalized spacial score (nSPS) is 10.3. The summed E-state index contributed by atoms with van der Waals surface area (Å²) in [6, 6.07) is 7.46. The fourth-order valence-corrected chi connectivity index (χ4v) is 2.10. The Kier molecular flexibility index (Phi) is 4.70. The number of aromatic nitrogens is 2. The third-order valence-electron chi connectivity index (χ3n) is 2.77. The zero-order valence-electron chi connectivity index (χ0n) is 11.6. The Morgan fingerprint density at radius 1 is 1.10 bits per heavy atom. The molecule has 0 unspecified atom stereocenters. The minimum Gasteiger partial charge on any atom is -0.493 e. The maximum Gasteiger partial charge on any atom is 0.161 e. The van der Waals surface area contributed by atoms with Crippen LogP contribution in [0.2, 0.25) is 0 Å². The lowest BCUT2D eigenvalue weighted by Crippen LogP contribution is -1.99. The van der Waals surface area contributed by atoms with Crippen molar-refractivity contribution < 1.29 is 14.2 Å². The van der Waals surface area contributed by atoms with Gasteiger partial charge < -0.3 is 19.2 Å². The molecular formula is C14H16N2O3S. The molecule has 2 rings (SSSR count). The van der Waals surface area contributed by atoms with E-state index in [0.29, 0.717) is 28.6 Å². The first-order chi connectivity index (χ1) is 9.67. The van der Waals surface area contributed by atoms with Gasteiger partial charge in [0.2, 0.25) is 0 Å². The quantitative estimate of drug-likeness (QED) is 0.859. The van der Waals surface area contributed by atoms with E-state index in [1.165, 1.54) is 0 Å². The molecule has 20 heavy (non-hydrogen) atoms. The summed E-state index contributed by atoms with van der Waals surface area (Å²) in [5.74, 6) is 2.03. The molecular weight excluding hydrogens is 276 g/mol. The summed E-state index contributed by atoms with van der Waals surface area (Å²) in [7, 11) is 4.82. The van der Waals surface area contributed by atoms with Gasteiger partial charge in [-0.1, -0.05) is 12.2 Å². The minimum absolute atomic E-state index is 0.380. The first-order valence-corrected chi connectivity index (χ1v) is 6.40. The Labute approximate surface area is 122 Å². The summed E-state index contributed by atoms with van der Waals surface area (Å²) in [5.41, 5.74) is 1.80. The second-order valence-corrected chi connectivity index (χ2v) is 4.50. The maximum atomic E-state index is 5.30. The van der Waals surface area contributed by atoms with Gasteiger partial charge in [-0.05, 0) is 24.3 Å². The molecule has 0 fully saturated rings.